The summed E-state index contributed by atoms with van der Waals surface area (Å²) in [7, 11) is 0. The van der Waals surface area contributed by atoms with Crippen LogP contribution in [0.4, 0.5) is 0 Å². The lowest BCUT2D eigenvalue weighted by Gasteiger charge is -2.37. The summed E-state index contributed by atoms with van der Waals surface area (Å²) in [5.41, 5.74) is 5.83. The van der Waals surface area contributed by atoms with Crippen molar-refractivity contribution in [2.24, 2.45) is 22.2 Å². The molecule has 0 bridgehead atoms. The number of aliphatic hydroxyl groups is 1. The highest BCUT2D eigenvalue weighted by atomic mass is 16.4. The lowest BCUT2D eigenvalue weighted by molar-refractivity contribution is 0.0919. The minimum Gasteiger partial charge on any atom is -0.409 e. The van der Waals surface area contributed by atoms with Crippen LogP contribution < -0.4 is 5.73 Å². The minimum atomic E-state index is 0.257. The molecule has 0 amide bonds. The quantitative estimate of drug-likeness (QED) is 0.292. The van der Waals surface area contributed by atoms with Crippen molar-refractivity contribution in [1.29, 1.82) is 0 Å². The van der Waals surface area contributed by atoms with Crippen LogP contribution >= 0.6 is 0 Å². The van der Waals surface area contributed by atoms with Crippen molar-refractivity contribution < 1.29 is 10.3 Å². The van der Waals surface area contributed by atoms with Crippen LogP contribution in [0.1, 0.15) is 32.1 Å². The summed E-state index contributed by atoms with van der Waals surface area (Å²) in [6.07, 6.45) is 6.29. The maximum absolute atomic E-state index is 9.56. The van der Waals surface area contributed by atoms with Crippen molar-refractivity contribution in [2.75, 3.05) is 26.2 Å². The molecule has 2 rings (SSSR count). The van der Waals surface area contributed by atoms with Crippen LogP contribution in [0.5, 0.6) is 0 Å². The van der Waals surface area contributed by atoms with E-state index < -0.39 is 0 Å². The molecule has 0 aromatic heterocycles. The van der Waals surface area contributed by atoms with Gasteiger partial charge in [0.25, 0.3) is 0 Å². The van der Waals surface area contributed by atoms with Gasteiger partial charge in [0.1, 0.15) is 0 Å². The zero-order valence-electron chi connectivity index (χ0n) is 10.3. The molecule has 4 N–H and O–H groups in total. The van der Waals surface area contributed by atoms with E-state index in [1.54, 1.807) is 0 Å². The standard InChI is InChI=1S/C12H23N3O2/c13-11(14-17)7-15-6-10(8-16)12(9-15)4-2-1-3-5-12/h10,16-17H,1-9H2,(H2,13,14)/t10-/m0/s1. The molecule has 5 heteroatoms. The van der Waals surface area contributed by atoms with E-state index in [1.807, 2.05) is 0 Å². The maximum atomic E-state index is 9.56. The number of amidine groups is 1. The largest absolute Gasteiger partial charge is 0.409 e. The van der Waals surface area contributed by atoms with Crippen molar-refractivity contribution >= 4 is 5.84 Å². The Morgan fingerprint density at radius 3 is 2.65 bits per heavy atom. The Morgan fingerprint density at radius 1 is 1.35 bits per heavy atom. The van der Waals surface area contributed by atoms with Gasteiger partial charge in [0.2, 0.25) is 0 Å². The summed E-state index contributed by atoms with van der Waals surface area (Å²) in [5, 5.41) is 21.2. The molecular weight excluding hydrogens is 218 g/mol. The Kier molecular flexibility index (Phi) is 3.89. The Balaban J connectivity index is 2.02. The molecule has 1 saturated carbocycles. The molecule has 1 saturated heterocycles. The molecule has 0 aromatic carbocycles. The van der Waals surface area contributed by atoms with E-state index in [0.29, 0.717) is 12.5 Å². The van der Waals surface area contributed by atoms with E-state index in [0.717, 1.165) is 13.1 Å². The van der Waals surface area contributed by atoms with Gasteiger partial charge in [-0.15, -0.1) is 0 Å². The monoisotopic (exact) mass is 241 g/mol. The Labute approximate surface area is 102 Å². The highest BCUT2D eigenvalue weighted by Crippen LogP contribution is 2.47. The number of rotatable bonds is 3. The fourth-order valence-electron chi connectivity index (χ4n) is 3.60. The minimum absolute atomic E-state index is 0.257. The van der Waals surface area contributed by atoms with Crippen molar-refractivity contribution in [2.45, 2.75) is 32.1 Å². The third-order valence-electron chi connectivity index (χ3n) is 4.47. The van der Waals surface area contributed by atoms with Gasteiger partial charge >= 0.3 is 0 Å². The van der Waals surface area contributed by atoms with E-state index >= 15 is 0 Å². The molecule has 1 atom stereocenters. The predicted octanol–water partition coefficient (Wildman–Crippen LogP) is 0.607. The number of hydrogen-bond acceptors (Lipinski definition) is 4. The van der Waals surface area contributed by atoms with E-state index in [4.69, 9.17) is 10.9 Å². The van der Waals surface area contributed by atoms with Gasteiger partial charge in [-0.2, -0.15) is 0 Å². The van der Waals surface area contributed by atoms with E-state index in [9.17, 15) is 5.11 Å². The summed E-state index contributed by atoms with van der Waals surface area (Å²) in [4.78, 5) is 2.21. The smallest absolute Gasteiger partial charge is 0.153 e. The van der Waals surface area contributed by atoms with Gasteiger partial charge in [-0.25, -0.2) is 0 Å². The lowest BCUT2D eigenvalue weighted by Crippen LogP contribution is -2.36. The molecule has 2 aliphatic rings. The summed E-state index contributed by atoms with van der Waals surface area (Å²) >= 11 is 0. The fraction of sp³-hybridized carbons (Fsp3) is 0.917. The molecule has 0 aromatic rings. The highest BCUT2D eigenvalue weighted by molar-refractivity contribution is 5.81. The first kappa shape index (κ1) is 12.6. The van der Waals surface area contributed by atoms with Crippen molar-refractivity contribution in [3.05, 3.63) is 0 Å². The van der Waals surface area contributed by atoms with Crippen LogP contribution in [-0.2, 0) is 0 Å². The number of likely N-dealkylation sites (tertiary alicyclic amines) is 1. The average Bonchev–Trinajstić information content (AvgIpc) is 2.67. The van der Waals surface area contributed by atoms with Crippen LogP contribution in [-0.4, -0.2) is 47.3 Å². The molecule has 1 heterocycles. The molecule has 5 nitrogen and oxygen atoms in total. The summed E-state index contributed by atoms with van der Waals surface area (Å²) in [5.74, 6) is 0.615. The number of nitrogens with two attached hydrogens (primary N) is 1. The number of aliphatic hydroxyl groups excluding tert-OH is 1. The molecule has 1 aliphatic heterocycles. The molecule has 0 unspecified atom stereocenters. The highest BCUT2D eigenvalue weighted by Gasteiger charge is 2.46. The van der Waals surface area contributed by atoms with Crippen LogP contribution in [0.3, 0.4) is 0 Å². The molecular formula is C12H23N3O2. The van der Waals surface area contributed by atoms with Gasteiger partial charge in [0, 0.05) is 25.6 Å². The third-order valence-corrected chi connectivity index (χ3v) is 4.47. The molecule has 17 heavy (non-hydrogen) atoms. The second kappa shape index (κ2) is 5.23. The van der Waals surface area contributed by atoms with Gasteiger partial charge in [-0.1, -0.05) is 24.4 Å². The Hall–Kier alpha value is -0.810. The SMILES string of the molecule is NC(CN1C[C@@H](CO)C2(CCCCC2)C1)=NO. The van der Waals surface area contributed by atoms with Gasteiger partial charge in [0.15, 0.2) is 5.84 Å². The molecule has 2 fully saturated rings. The Bertz CT molecular complexity index is 287. The zero-order valence-corrected chi connectivity index (χ0v) is 10.3. The van der Waals surface area contributed by atoms with Crippen molar-refractivity contribution in [3.8, 4) is 0 Å². The lowest BCUT2D eigenvalue weighted by atomic mass is 9.68. The first-order valence-corrected chi connectivity index (χ1v) is 6.50. The number of nitrogens with zero attached hydrogens (tertiary/aromatic N) is 2. The second-order valence-electron chi connectivity index (χ2n) is 5.56. The van der Waals surface area contributed by atoms with Gasteiger partial charge in [-0.05, 0) is 18.3 Å². The van der Waals surface area contributed by atoms with Gasteiger partial charge in [0.05, 0.1) is 6.54 Å². The first-order valence-electron chi connectivity index (χ1n) is 6.50. The third kappa shape index (κ3) is 2.55. The van der Waals surface area contributed by atoms with Gasteiger partial charge < -0.3 is 16.0 Å². The van der Waals surface area contributed by atoms with E-state index in [1.165, 1.54) is 32.1 Å². The number of hydrogen-bond donors (Lipinski definition) is 3. The van der Waals surface area contributed by atoms with Crippen LogP contribution in [0, 0.1) is 11.3 Å². The molecule has 1 aliphatic carbocycles. The van der Waals surface area contributed by atoms with E-state index in [2.05, 4.69) is 10.1 Å². The zero-order chi connectivity index (χ0) is 12.3. The van der Waals surface area contributed by atoms with Crippen LogP contribution in [0.15, 0.2) is 5.16 Å². The first-order chi connectivity index (χ1) is 8.20. The summed E-state index contributed by atoms with van der Waals surface area (Å²) in [6.45, 7) is 2.61. The van der Waals surface area contributed by atoms with Crippen molar-refractivity contribution in [3.63, 3.8) is 0 Å². The molecule has 0 radical (unpaired) electrons. The van der Waals surface area contributed by atoms with Crippen molar-refractivity contribution in [1.82, 2.24) is 4.90 Å². The maximum Gasteiger partial charge on any atom is 0.153 e. The predicted molar refractivity (Wildman–Crippen MR) is 65.9 cm³/mol. The normalized spacial score (nSPS) is 29.9. The van der Waals surface area contributed by atoms with Crippen LogP contribution in [0.2, 0.25) is 0 Å². The Morgan fingerprint density at radius 2 is 2.06 bits per heavy atom. The fourth-order valence-corrected chi connectivity index (χ4v) is 3.60. The molecule has 98 valence electrons. The summed E-state index contributed by atoms with van der Waals surface area (Å²) in [6, 6.07) is 0. The second-order valence-corrected chi connectivity index (χ2v) is 5.56. The summed E-state index contributed by atoms with van der Waals surface area (Å²) < 4.78 is 0. The molecule has 1 spiro atoms. The van der Waals surface area contributed by atoms with Gasteiger partial charge in [-0.3, -0.25) is 4.90 Å². The topological polar surface area (TPSA) is 82.1 Å². The van der Waals surface area contributed by atoms with Crippen LogP contribution in [0.25, 0.3) is 0 Å². The van der Waals surface area contributed by atoms with E-state index in [-0.39, 0.29) is 17.9 Å². The average molecular weight is 241 g/mol. The number of oxime groups is 1.